The molecule has 44 heavy (non-hydrogen) atoms. The fourth-order valence-electron chi connectivity index (χ4n) is 4.92. The summed E-state index contributed by atoms with van der Waals surface area (Å²) in [4.78, 5) is 30.7. The minimum atomic E-state index is -0.611. The van der Waals surface area contributed by atoms with Gasteiger partial charge in [-0.25, -0.2) is 13.8 Å². The highest BCUT2D eigenvalue weighted by Crippen LogP contribution is 2.35. The molecular formula is C32H31F2N9O. The van der Waals surface area contributed by atoms with Crippen LogP contribution in [0.3, 0.4) is 0 Å². The van der Waals surface area contributed by atoms with Crippen molar-refractivity contribution in [1.82, 2.24) is 35.0 Å². The molecular weight excluding hydrogens is 564 g/mol. The molecule has 0 saturated heterocycles. The number of carbonyl (C=O) groups is 1. The Morgan fingerprint density at radius 2 is 1.80 bits per heavy atom. The topological polar surface area (TPSA) is 128 Å². The molecule has 1 amide bonds. The first-order chi connectivity index (χ1) is 21.2. The number of nitrogens with one attached hydrogen (secondary N) is 4. The van der Waals surface area contributed by atoms with Crippen LogP contribution < -0.4 is 10.6 Å². The number of aromatic nitrogens is 6. The molecule has 0 fully saturated rings. The van der Waals surface area contributed by atoms with Gasteiger partial charge in [-0.3, -0.25) is 19.9 Å². The Morgan fingerprint density at radius 3 is 2.59 bits per heavy atom. The van der Waals surface area contributed by atoms with Crippen LogP contribution in [-0.2, 0) is 4.79 Å². The first kappa shape index (κ1) is 28.9. The summed E-state index contributed by atoms with van der Waals surface area (Å²) in [7, 11) is 3.95. The lowest BCUT2D eigenvalue weighted by Gasteiger charge is -2.13. The van der Waals surface area contributed by atoms with Crippen molar-refractivity contribution in [1.29, 1.82) is 0 Å². The van der Waals surface area contributed by atoms with Crippen LogP contribution in [0, 0.1) is 17.6 Å². The zero-order chi connectivity index (χ0) is 31.0. The number of H-pyrrole nitrogens is 2. The van der Waals surface area contributed by atoms with Crippen molar-refractivity contribution < 1.29 is 13.6 Å². The second-order valence-electron chi connectivity index (χ2n) is 11.1. The fourth-order valence-corrected chi connectivity index (χ4v) is 4.92. The predicted octanol–water partition coefficient (Wildman–Crippen LogP) is 6.08. The molecule has 0 aliphatic heterocycles. The number of carbonyl (C=O) groups excluding carboxylic acids is 1. The lowest BCUT2D eigenvalue weighted by molar-refractivity contribution is -0.118. The van der Waals surface area contributed by atoms with Gasteiger partial charge in [-0.2, -0.15) is 5.10 Å². The molecule has 4 heterocycles. The third-order valence-electron chi connectivity index (χ3n) is 7.18. The van der Waals surface area contributed by atoms with Crippen molar-refractivity contribution in [3.8, 4) is 33.9 Å². The highest BCUT2D eigenvalue weighted by Gasteiger charge is 2.22. The van der Waals surface area contributed by atoms with E-state index in [9.17, 15) is 9.18 Å². The molecule has 0 aliphatic rings. The van der Waals surface area contributed by atoms with Crippen molar-refractivity contribution in [2.75, 3.05) is 37.8 Å². The highest BCUT2D eigenvalue weighted by molar-refractivity contribution is 5.98. The molecule has 0 unspecified atom stereocenters. The van der Waals surface area contributed by atoms with E-state index in [2.05, 4.69) is 35.8 Å². The van der Waals surface area contributed by atoms with Gasteiger partial charge in [-0.15, -0.1) is 0 Å². The van der Waals surface area contributed by atoms with E-state index in [1.54, 1.807) is 19.9 Å². The van der Waals surface area contributed by atoms with E-state index in [1.165, 1.54) is 30.7 Å². The summed E-state index contributed by atoms with van der Waals surface area (Å²) >= 11 is 0. The van der Waals surface area contributed by atoms with E-state index >= 15 is 4.39 Å². The van der Waals surface area contributed by atoms with Crippen LogP contribution in [0.15, 0.2) is 61.1 Å². The number of hydrogen-bond acceptors (Lipinski definition) is 7. The van der Waals surface area contributed by atoms with Crippen molar-refractivity contribution in [2.24, 2.45) is 5.92 Å². The third kappa shape index (κ3) is 5.71. The number of imidazole rings is 1. The smallest absolute Gasteiger partial charge is 0.226 e. The summed E-state index contributed by atoms with van der Waals surface area (Å²) in [6.45, 7) is 5.02. The number of amides is 1. The summed E-state index contributed by atoms with van der Waals surface area (Å²) < 4.78 is 30.8. The van der Waals surface area contributed by atoms with Gasteiger partial charge in [0.05, 0.1) is 40.0 Å². The number of anilines is 2. The van der Waals surface area contributed by atoms with E-state index in [0.717, 1.165) is 6.54 Å². The second kappa shape index (κ2) is 11.8. The van der Waals surface area contributed by atoms with Crippen LogP contribution in [-0.4, -0.2) is 68.1 Å². The van der Waals surface area contributed by atoms with Crippen LogP contribution in [0.5, 0.6) is 0 Å². The number of nitrogens with zero attached hydrogens (tertiary/aromatic N) is 5. The first-order valence-electron chi connectivity index (χ1n) is 14.2. The molecule has 4 N–H and O–H groups in total. The van der Waals surface area contributed by atoms with Crippen molar-refractivity contribution in [3.63, 3.8) is 0 Å². The molecule has 6 aromatic rings. The number of likely N-dealkylation sites (N-methyl/N-ethyl adjacent to an activating group) is 1. The average molecular weight is 596 g/mol. The standard InChI is InChI=1S/C32H31F2N9O/c1-17(2)32(44)38-22-12-19(14-35-15-22)28-27(34)26-25(16-37-28)41-42-30(26)31-39-24-7-5-6-23(29(24)40-31)18-10-20(33)13-21(11-18)36-8-9-43(3)4/h5-7,10-17,36H,8-9H2,1-4H3,(H,38,44)(H,39,40)(H,41,42). The normalized spacial score (nSPS) is 11.6. The molecule has 12 heteroatoms. The van der Waals surface area contributed by atoms with E-state index in [0.29, 0.717) is 57.0 Å². The number of halogens is 2. The van der Waals surface area contributed by atoms with Gasteiger partial charge in [0.1, 0.15) is 17.2 Å². The largest absolute Gasteiger partial charge is 0.384 e. The summed E-state index contributed by atoms with van der Waals surface area (Å²) in [5, 5.41) is 13.5. The lowest BCUT2D eigenvalue weighted by Crippen LogP contribution is -2.20. The Balaban J connectivity index is 1.39. The third-order valence-corrected chi connectivity index (χ3v) is 7.18. The maximum absolute atomic E-state index is 16.2. The summed E-state index contributed by atoms with van der Waals surface area (Å²) in [5.41, 5.74) is 4.86. The minimum absolute atomic E-state index is 0.0548. The van der Waals surface area contributed by atoms with Crippen LogP contribution >= 0.6 is 0 Å². The molecule has 0 saturated carbocycles. The summed E-state index contributed by atoms with van der Waals surface area (Å²) in [5.74, 6) is -1.05. The SMILES string of the molecule is CC(C)C(=O)Nc1cncc(-c2ncc3[nH]nc(-c4nc5c(-c6cc(F)cc(NCCN(C)C)c6)cccc5[nH]4)c3c2F)c1. The Kier molecular flexibility index (Phi) is 7.75. The number of benzene rings is 2. The monoisotopic (exact) mass is 595 g/mol. The van der Waals surface area contributed by atoms with Gasteiger partial charge < -0.3 is 20.5 Å². The van der Waals surface area contributed by atoms with E-state index in [4.69, 9.17) is 4.98 Å². The average Bonchev–Trinajstić information content (AvgIpc) is 3.62. The van der Waals surface area contributed by atoms with Gasteiger partial charge in [0.25, 0.3) is 0 Å². The van der Waals surface area contributed by atoms with E-state index in [-0.39, 0.29) is 34.4 Å². The van der Waals surface area contributed by atoms with E-state index < -0.39 is 5.82 Å². The van der Waals surface area contributed by atoms with Crippen LogP contribution in [0.2, 0.25) is 0 Å². The van der Waals surface area contributed by atoms with Crippen LogP contribution in [0.4, 0.5) is 20.2 Å². The van der Waals surface area contributed by atoms with Crippen molar-refractivity contribution >= 4 is 39.2 Å². The number of para-hydroxylation sites is 1. The van der Waals surface area contributed by atoms with Gasteiger partial charge in [0, 0.05) is 42.0 Å². The maximum atomic E-state index is 16.2. The summed E-state index contributed by atoms with van der Waals surface area (Å²) in [6, 6.07) is 12.0. The van der Waals surface area contributed by atoms with Crippen molar-refractivity contribution in [3.05, 3.63) is 72.7 Å². The molecule has 0 aliphatic carbocycles. The molecule has 0 radical (unpaired) electrons. The molecule has 224 valence electrons. The minimum Gasteiger partial charge on any atom is -0.384 e. The second-order valence-corrected chi connectivity index (χ2v) is 11.1. The van der Waals surface area contributed by atoms with Crippen LogP contribution in [0.25, 0.3) is 55.8 Å². The number of rotatable bonds is 9. The fraction of sp³-hybridized carbons (Fsp3) is 0.219. The van der Waals surface area contributed by atoms with Crippen molar-refractivity contribution in [2.45, 2.75) is 13.8 Å². The molecule has 0 bridgehead atoms. The molecule has 10 nitrogen and oxygen atoms in total. The number of pyridine rings is 2. The molecule has 0 spiro atoms. The van der Waals surface area contributed by atoms with Gasteiger partial charge in [-0.1, -0.05) is 26.0 Å². The zero-order valence-electron chi connectivity index (χ0n) is 24.7. The van der Waals surface area contributed by atoms with Gasteiger partial charge in [0.2, 0.25) is 5.91 Å². The van der Waals surface area contributed by atoms with Gasteiger partial charge >= 0.3 is 0 Å². The number of hydrogen-bond donors (Lipinski definition) is 4. The predicted molar refractivity (Wildman–Crippen MR) is 168 cm³/mol. The summed E-state index contributed by atoms with van der Waals surface area (Å²) in [6.07, 6.45) is 4.48. The Labute approximate surface area is 252 Å². The van der Waals surface area contributed by atoms with Crippen LogP contribution in [0.1, 0.15) is 13.8 Å². The van der Waals surface area contributed by atoms with Gasteiger partial charge in [-0.05, 0) is 50.0 Å². The molecule has 6 rings (SSSR count). The van der Waals surface area contributed by atoms with E-state index in [1.807, 2.05) is 43.3 Å². The Morgan fingerprint density at radius 1 is 0.977 bits per heavy atom. The zero-order valence-corrected chi connectivity index (χ0v) is 24.7. The number of fused-ring (bicyclic) bond motifs is 2. The number of aromatic amines is 2. The lowest BCUT2D eigenvalue weighted by atomic mass is 10.0. The van der Waals surface area contributed by atoms with Gasteiger partial charge in [0.15, 0.2) is 11.6 Å². The molecule has 4 aromatic heterocycles. The Hall–Kier alpha value is -5.23. The molecule has 0 atom stereocenters. The maximum Gasteiger partial charge on any atom is 0.226 e. The Bertz CT molecular complexity index is 2000. The molecule has 2 aromatic carbocycles. The quantitative estimate of drug-likeness (QED) is 0.160. The first-order valence-corrected chi connectivity index (χ1v) is 14.2. The highest BCUT2D eigenvalue weighted by atomic mass is 19.1.